The number of imidazole rings is 1. The Bertz CT molecular complexity index is 1570. The number of ether oxygens (including phenoxy) is 1. The number of fused-ring (bicyclic) bond motifs is 3. The topological polar surface area (TPSA) is 93.1 Å². The van der Waals surface area contributed by atoms with E-state index in [9.17, 15) is 22.8 Å². The molecule has 0 radical (unpaired) electrons. The molecule has 8 nitrogen and oxygen atoms in total. The molecule has 4 aromatic rings. The van der Waals surface area contributed by atoms with E-state index in [0.717, 1.165) is 22.7 Å². The van der Waals surface area contributed by atoms with Gasteiger partial charge in [-0.2, -0.15) is 18.3 Å². The molecular weight excluding hydrogens is 475 g/mol. The maximum atomic E-state index is 13.6. The van der Waals surface area contributed by atoms with Crippen LogP contribution in [0.3, 0.4) is 0 Å². The van der Waals surface area contributed by atoms with E-state index in [-0.39, 0.29) is 36.9 Å². The zero-order valence-corrected chi connectivity index (χ0v) is 18.9. The summed E-state index contributed by atoms with van der Waals surface area (Å²) in [4.78, 5) is 30.9. The van der Waals surface area contributed by atoms with E-state index in [1.807, 2.05) is 18.2 Å². The summed E-state index contributed by atoms with van der Waals surface area (Å²) in [5, 5.41) is 8.03. The SMILES string of the molecule is O=C(c1cc(Cc2n[nH]c(=O)c3ccccc23)cc2c1OCC2)N1CCn2cc(C(F)(F)F)nc2C1. The van der Waals surface area contributed by atoms with Gasteiger partial charge in [-0.3, -0.25) is 9.59 Å². The van der Waals surface area contributed by atoms with E-state index < -0.39 is 11.9 Å². The van der Waals surface area contributed by atoms with Gasteiger partial charge in [-0.25, -0.2) is 10.1 Å². The van der Waals surface area contributed by atoms with E-state index in [1.54, 1.807) is 18.2 Å². The Hall–Kier alpha value is -4.15. The highest BCUT2D eigenvalue weighted by atomic mass is 19.4. The van der Waals surface area contributed by atoms with Crippen LogP contribution in [0.5, 0.6) is 5.75 Å². The van der Waals surface area contributed by atoms with E-state index in [4.69, 9.17) is 4.74 Å². The Balaban J connectivity index is 1.33. The standard InChI is InChI=1S/C25H20F3N5O3/c26-25(27,28)20-12-32-6-7-33(13-21(32)29-20)24(35)18-10-14(9-15-5-8-36-22(15)18)11-19-16-3-1-2-4-17(16)23(34)31-30-19/h1-4,9-10,12H,5-8,11,13H2,(H,31,34). The molecule has 11 heteroatoms. The molecule has 184 valence electrons. The molecule has 0 saturated heterocycles. The second-order valence-corrected chi connectivity index (χ2v) is 8.91. The van der Waals surface area contributed by atoms with Gasteiger partial charge in [0.05, 0.1) is 29.8 Å². The lowest BCUT2D eigenvalue weighted by atomic mass is 9.98. The molecule has 4 heterocycles. The third-order valence-corrected chi connectivity index (χ3v) is 6.60. The molecule has 0 unspecified atom stereocenters. The van der Waals surface area contributed by atoms with Crippen LogP contribution in [0.4, 0.5) is 13.2 Å². The number of hydrogen-bond donors (Lipinski definition) is 1. The van der Waals surface area contributed by atoms with Crippen molar-refractivity contribution in [1.82, 2.24) is 24.6 Å². The largest absolute Gasteiger partial charge is 0.492 e. The summed E-state index contributed by atoms with van der Waals surface area (Å²) in [5.41, 5.74) is 1.52. The molecule has 0 spiro atoms. The Labute approximate surface area is 202 Å². The monoisotopic (exact) mass is 495 g/mol. The van der Waals surface area contributed by atoms with E-state index in [0.29, 0.717) is 41.8 Å². The number of aromatic amines is 1. The first-order valence-corrected chi connectivity index (χ1v) is 11.5. The molecule has 0 bridgehead atoms. The number of halogens is 3. The third kappa shape index (κ3) is 3.80. The van der Waals surface area contributed by atoms with Crippen LogP contribution < -0.4 is 10.3 Å². The molecule has 1 amide bonds. The van der Waals surface area contributed by atoms with Crippen LogP contribution in [0.25, 0.3) is 10.8 Å². The van der Waals surface area contributed by atoms with Gasteiger partial charge in [0.2, 0.25) is 0 Å². The number of H-pyrrole nitrogens is 1. The predicted octanol–water partition coefficient (Wildman–Crippen LogP) is 3.32. The highest BCUT2D eigenvalue weighted by Crippen LogP contribution is 2.34. The van der Waals surface area contributed by atoms with Crippen molar-refractivity contribution in [3.63, 3.8) is 0 Å². The van der Waals surface area contributed by atoms with E-state index in [1.165, 1.54) is 9.47 Å². The zero-order valence-electron chi connectivity index (χ0n) is 18.9. The molecular formula is C25H20F3N5O3. The molecule has 36 heavy (non-hydrogen) atoms. The number of hydrogen-bond acceptors (Lipinski definition) is 5. The van der Waals surface area contributed by atoms with Crippen LogP contribution in [0, 0.1) is 0 Å². The Kier molecular flexibility index (Phi) is 5.09. The Morgan fingerprint density at radius 3 is 2.75 bits per heavy atom. The van der Waals surface area contributed by atoms with Gasteiger partial charge in [-0.05, 0) is 23.3 Å². The van der Waals surface area contributed by atoms with Crippen molar-refractivity contribution in [1.29, 1.82) is 0 Å². The minimum atomic E-state index is -4.54. The maximum absolute atomic E-state index is 13.6. The van der Waals surface area contributed by atoms with Gasteiger partial charge in [-0.15, -0.1) is 0 Å². The predicted molar refractivity (Wildman–Crippen MR) is 123 cm³/mol. The maximum Gasteiger partial charge on any atom is 0.434 e. The van der Waals surface area contributed by atoms with Crippen LogP contribution >= 0.6 is 0 Å². The van der Waals surface area contributed by atoms with Crippen LogP contribution in [-0.4, -0.2) is 43.7 Å². The number of carbonyl (C=O) groups is 1. The first-order chi connectivity index (χ1) is 17.3. The molecule has 6 rings (SSSR count). The third-order valence-electron chi connectivity index (χ3n) is 6.60. The van der Waals surface area contributed by atoms with Gasteiger partial charge in [0.25, 0.3) is 11.5 Å². The van der Waals surface area contributed by atoms with Crippen molar-refractivity contribution in [2.75, 3.05) is 13.2 Å². The molecule has 2 aliphatic heterocycles. The normalized spacial score (nSPS) is 15.0. The molecule has 2 aliphatic rings. The summed E-state index contributed by atoms with van der Waals surface area (Å²) in [6, 6.07) is 10.9. The summed E-state index contributed by atoms with van der Waals surface area (Å²) < 4.78 is 46.5. The minimum absolute atomic E-state index is 0.0277. The van der Waals surface area contributed by atoms with Gasteiger partial charge in [-0.1, -0.05) is 24.3 Å². The Morgan fingerprint density at radius 1 is 1.14 bits per heavy atom. The van der Waals surface area contributed by atoms with E-state index in [2.05, 4.69) is 15.2 Å². The summed E-state index contributed by atoms with van der Waals surface area (Å²) in [6.45, 7) is 0.892. The van der Waals surface area contributed by atoms with Gasteiger partial charge in [0.1, 0.15) is 11.6 Å². The van der Waals surface area contributed by atoms with Crippen LogP contribution in [0.15, 0.2) is 47.4 Å². The van der Waals surface area contributed by atoms with Crippen molar-refractivity contribution in [2.24, 2.45) is 0 Å². The highest BCUT2D eigenvalue weighted by molar-refractivity contribution is 5.98. The molecule has 1 N–H and O–H groups in total. The van der Waals surface area contributed by atoms with Gasteiger partial charge in [0, 0.05) is 37.5 Å². The van der Waals surface area contributed by atoms with Crippen LogP contribution in [0.1, 0.15) is 38.7 Å². The smallest absolute Gasteiger partial charge is 0.434 e. The Morgan fingerprint density at radius 2 is 1.94 bits per heavy atom. The fourth-order valence-electron chi connectivity index (χ4n) is 4.87. The lowest BCUT2D eigenvalue weighted by molar-refractivity contribution is -0.141. The number of amides is 1. The number of benzene rings is 2. The number of nitrogens with one attached hydrogen (secondary N) is 1. The lowest BCUT2D eigenvalue weighted by Gasteiger charge is -2.28. The number of rotatable bonds is 3. The van der Waals surface area contributed by atoms with Crippen LogP contribution in [0.2, 0.25) is 0 Å². The quantitative estimate of drug-likeness (QED) is 0.471. The van der Waals surface area contributed by atoms with Crippen molar-refractivity contribution in [2.45, 2.75) is 32.1 Å². The fourth-order valence-corrected chi connectivity index (χ4v) is 4.87. The summed E-state index contributed by atoms with van der Waals surface area (Å²) in [5.74, 6) is 0.379. The second kappa shape index (κ2) is 8.21. The molecule has 0 fully saturated rings. The van der Waals surface area contributed by atoms with Crippen molar-refractivity contribution < 1.29 is 22.7 Å². The summed E-state index contributed by atoms with van der Waals surface area (Å²) >= 11 is 0. The molecule has 2 aromatic heterocycles. The first-order valence-electron chi connectivity index (χ1n) is 11.5. The number of alkyl halides is 3. The lowest BCUT2D eigenvalue weighted by Crippen LogP contribution is -2.38. The van der Waals surface area contributed by atoms with Gasteiger partial charge in [0.15, 0.2) is 5.69 Å². The number of nitrogens with zero attached hydrogens (tertiary/aromatic N) is 4. The molecule has 0 atom stereocenters. The molecule has 2 aromatic carbocycles. The minimum Gasteiger partial charge on any atom is -0.492 e. The first kappa shape index (κ1) is 22.3. The zero-order chi connectivity index (χ0) is 25.0. The average Bonchev–Trinajstić information content (AvgIpc) is 3.51. The van der Waals surface area contributed by atoms with Crippen LogP contribution in [-0.2, 0) is 32.1 Å². The summed E-state index contributed by atoms with van der Waals surface area (Å²) in [7, 11) is 0. The van der Waals surface area contributed by atoms with E-state index >= 15 is 0 Å². The molecule has 0 saturated carbocycles. The van der Waals surface area contributed by atoms with Crippen molar-refractivity contribution >= 4 is 16.7 Å². The summed E-state index contributed by atoms with van der Waals surface area (Å²) in [6.07, 6.45) is -2.53. The number of aromatic nitrogens is 4. The second-order valence-electron chi connectivity index (χ2n) is 8.91. The fraction of sp³-hybridized carbons (Fsp3) is 0.280. The van der Waals surface area contributed by atoms with Gasteiger partial charge >= 0.3 is 6.18 Å². The van der Waals surface area contributed by atoms with Crippen molar-refractivity contribution in [3.05, 3.63) is 86.9 Å². The molecule has 0 aliphatic carbocycles. The van der Waals surface area contributed by atoms with Crippen molar-refractivity contribution in [3.8, 4) is 5.75 Å². The van der Waals surface area contributed by atoms with Gasteiger partial charge < -0.3 is 14.2 Å². The average molecular weight is 495 g/mol. The number of carbonyl (C=O) groups excluding carboxylic acids is 1. The highest BCUT2D eigenvalue weighted by Gasteiger charge is 2.36.